The first-order valence-electron chi connectivity index (χ1n) is 39.9. The number of hydrogen-bond donors (Lipinski definition) is 11. The van der Waals surface area contributed by atoms with Crippen LogP contribution in [0.25, 0.3) is 0 Å². The molecule has 614 valence electrons. The van der Waals surface area contributed by atoms with Gasteiger partial charge in [0.25, 0.3) is 32.2 Å². The fraction of sp³-hybridized carbons (Fsp3) is 0.882. The number of nitrogens with one attached hydrogen (secondary N) is 10. The van der Waals surface area contributed by atoms with E-state index in [-0.39, 0.29) is 96.2 Å². The first-order valence-corrected chi connectivity index (χ1v) is 42.7. The van der Waals surface area contributed by atoms with Crippen LogP contribution in [0.2, 0.25) is 0 Å². The van der Waals surface area contributed by atoms with Crippen molar-refractivity contribution < 1.29 is 74.6 Å². The van der Waals surface area contributed by atoms with Crippen LogP contribution in [-0.4, -0.2) is 239 Å². The number of aliphatic hydroxyl groups excluding tert-OH is 1. The molecule has 30 nitrogen and oxygen atoms in total. The summed E-state index contributed by atoms with van der Waals surface area (Å²) in [6.07, 6.45) is 11.0. The van der Waals surface area contributed by atoms with E-state index in [9.17, 15) is 65.1 Å². The molecule has 11 atom stereocenters. The second kappa shape index (κ2) is 32.3. The van der Waals surface area contributed by atoms with Crippen LogP contribution in [0.5, 0.6) is 0 Å². The summed E-state index contributed by atoms with van der Waals surface area (Å²) in [7, 11) is -7.63. The molecule has 0 aromatic rings. The topological polar surface area (TPSA) is 394 Å². The zero-order chi connectivity index (χ0) is 80.1. The number of nitrogens with zero attached hydrogens (tertiary/aromatic N) is 4. The van der Waals surface area contributed by atoms with Gasteiger partial charge >= 0.3 is 12.1 Å². The molecule has 6 aliphatic carbocycles. The van der Waals surface area contributed by atoms with Crippen molar-refractivity contribution in [3.8, 4) is 0 Å². The zero-order valence-corrected chi connectivity index (χ0v) is 69.5. The van der Waals surface area contributed by atoms with Crippen LogP contribution in [0.3, 0.4) is 0 Å². The molecule has 108 heavy (non-hydrogen) atoms. The molecule has 10 amide bonds. The minimum Gasteiger partial charge on any atom is -0.381 e. The first-order chi connectivity index (χ1) is 50.0. The first kappa shape index (κ1) is 86.6. The molecule has 3 unspecified atom stereocenters. The Kier molecular flexibility index (Phi) is 25.9. The Morgan fingerprint density at radius 2 is 0.861 bits per heavy atom. The van der Waals surface area contributed by atoms with E-state index < -0.39 is 144 Å². The molecular formula is C76H132N14O16S2. The lowest BCUT2D eigenvalue weighted by Crippen LogP contribution is -2.62. The molecular weight excluding hydrogens is 1430 g/mol. The summed E-state index contributed by atoms with van der Waals surface area (Å²) in [5, 5.41) is 34.2. The van der Waals surface area contributed by atoms with E-state index >= 15 is 0 Å². The summed E-state index contributed by atoms with van der Waals surface area (Å²) in [6.45, 7) is 37.9. The average molecular weight is 1560 g/mol. The molecule has 6 saturated carbocycles. The van der Waals surface area contributed by atoms with Gasteiger partial charge in [0.2, 0.25) is 29.4 Å². The second-order valence-corrected chi connectivity index (χ2v) is 41.7. The van der Waals surface area contributed by atoms with Crippen molar-refractivity contribution in [2.45, 2.75) is 294 Å². The summed E-state index contributed by atoms with van der Waals surface area (Å²) in [5.74, 6) is -3.56. The number of morpholine rings is 2. The minimum absolute atomic E-state index is 0.00454. The standard InChI is InChI=1S/C38H67N7O8S.C38H65N7O8S/c2*1-10-12-25(28(46)31(48)40-24-13-14-24)41-30(47)26-21-38(36(8,9)37(38)15-11-16-37)23-45(26)32(49)29(35(5,6)7)43-33(50)42-27(34(2,3)4)22-39-54(51,52)44-17-19-53-20-18-44/h24-29,39,46H,10-23H2,1-9H3,(H,40,48)(H,41,47)(H2,42,43,50);24-27,29,39H,10-23H2,1-9H3,(H,40,48)(H,41,47)(H2,42,43,50)/t25?,26-,27-,28?,29+,38+;25?,26-,27-,29+,38+/m00/s1. The van der Waals surface area contributed by atoms with Crippen molar-refractivity contribution in [2.24, 2.45) is 54.1 Å². The Morgan fingerprint density at radius 3 is 1.19 bits per heavy atom. The fourth-order valence-electron chi connectivity index (χ4n) is 18.8. The highest BCUT2D eigenvalue weighted by molar-refractivity contribution is 7.87. The Bertz CT molecular complexity index is 3560. The number of ketones is 1. The van der Waals surface area contributed by atoms with Gasteiger partial charge in [0.1, 0.15) is 24.2 Å². The lowest BCUT2D eigenvalue weighted by molar-refractivity contribution is -0.144. The number of amides is 10. The fourth-order valence-corrected chi connectivity index (χ4v) is 21.1. The van der Waals surface area contributed by atoms with Gasteiger partial charge < -0.3 is 66.9 Å². The maximum atomic E-state index is 14.9. The number of hydrogen-bond acceptors (Lipinski definition) is 16. The Labute approximate surface area is 642 Å². The number of ether oxygens (including phenoxy) is 2. The molecule has 10 rings (SSSR count). The maximum Gasteiger partial charge on any atom is 0.315 e. The number of Topliss-reactive ketones (excluding diaryl/α,β-unsaturated/α-hetero) is 1. The largest absolute Gasteiger partial charge is 0.381 e. The lowest BCUT2D eigenvalue weighted by atomic mass is 9.73. The van der Waals surface area contributed by atoms with Gasteiger partial charge in [-0.1, -0.05) is 150 Å². The van der Waals surface area contributed by atoms with Crippen molar-refractivity contribution >= 4 is 73.7 Å². The molecule has 0 radical (unpaired) electrons. The monoisotopic (exact) mass is 1560 g/mol. The number of fused-ring (bicyclic) bond motifs is 2. The number of urea groups is 2. The van der Waals surface area contributed by atoms with E-state index in [1.165, 1.54) is 8.61 Å². The highest BCUT2D eigenvalue weighted by Crippen LogP contribution is 2.89. The van der Waals surface area contributed by atoms with Gasteiger partial charge in [0, 0.05) is 87.4 Å². The third kappa shape index (κ3) is 17.8. The van der Waals surface area contributed by atoms with E-state index in [2.05, 4.69) is 79.7 Å². The molecule has 10 aliphatic rings. The van der Waals surface area contributed by atoms with Gasteiger partial charge in [-0.3, -0.25) is 33.6 Å². The maximum absolute atomic E-state index is 14.9. The van der Waals surface area contributed by atoms with E-state index in [1.54, 1.807) is 9.80 Å². The third-order valence-corrected chi connectivity index (χ3v) is 29.8. The van der Waals surface area contributed by atoms with Crippen LogP contribution in [0.1, 0.15) is 227 Å². The zero-order valence-electron chi connectivity index (χ0n) is 67.8. The highest BCUT2D eigenvalue weighted by atomic mass is 32.2. The number of carbonyl (C=O) groups is 9. The number of aliphatic hydroxyl groups is 1. The molecule has 0 aromatic heterocycles. The van der Waals surface area contributed by atoms with Gasteiger partial charge in [-0.25, -0.2) is 19.0 Å². The van der Waals surface area contributed by atoms with Gasteiger partial charge in [-0.05, 0) is 120 Å². The number of likely N-dealkylation sites (tertiary alicyclic amines) is 2. The van der Waals surface area contributed by atoms with E-state index in [0.717, 1.165) is 64.2 Å². The van der Waals surface area contributed by atoms with Gasteiger partial charge in [0.15, 0.2) is 6.10 Å². The van der Waals surface area contributed by atoms with Gasteiger partial charge in [-0.15, -0.1) is 0 Å². The summed E-state index contributed by atoms with van der Waals surface area (Å²) >= 11 is 0. The SMILES string of the molecule is CCCC(NC(=O)[C@@H]1C[C@@]2(CN1C(=O)[C@@H](NC(=O)N[C@@H](CNS(=O)(=O)N1CCOCC1)C(C)(C)C)C(C)(C)C)C(C)(C)C21CCC1)C(=O)C(=O)NC1CC1.CCCC(NC(=O)[C@@H]1C[C@@]2(CN1C(=O)[C@@H](NC(=O)N[C@@H](CNS(=O)(=O)N1CCOCC1)C(C)(C)C)C(C)(C)C)C(C)(C)C21CCC1)C(O)C(=O)NC1CC1. The van der Waals surface area contributed by atoms with Crippen molar-refractivity contribution in [1.29, 1.82) is 0 Å². The molecule has 4 heterocycles. The number of carbonyl (C=O) groups excluding carboxylic acids is 9. The van der Waals surface area contributed by atoms with E-state index in [0.29, 0.717) is 71.6 Å². The van der Waals surface area contributed by atoms with Gasteiger partial charge in [0.05, 0.1) is 38.5 Å². The molecule has 4 spiro atoms. The van der Waals surface area contributed by atoms with Crippen molar-refractivity contribution in [1.82, 2.24) is 70.4 Å². The predicted octanol–water partition coefficient (Wildman–Crippen LogP) is 4.21. The van der Waals surface area contributed by atoms with E-state index in [4.69, 9.17) is 9.47 Å². The molecule has 0 aromatic carbocycles. The van der Waals surface area contributed by atoms with Crippen molar-refractivity contribution in [2.75, 3.05) is 78.8 Å². The van der Waals surface area contributed by atoms with Crippen LogP contribution >= 0.6 is 0 Å². The molecule has 11 N–H and O–H groups in total. The normalized spacial score (nSPS) is 27.0. The predicted molar refractivity (Wildman–Crippen MR) is 407 cm³/mol. The van der Waals surface area contributed by atoms with Crippen LogP contribution in [0, 0.1) is 54.1 Å². The molecule has 0 bridgehead atoms. The van der Waals surface area contributed by atoms with Crippen LogP contribution in [0.4, 0.5) is 9.59 Å². The molecule has 32 heteroatoms. The summed E-state index contributed by atoms with van der Waals surface area (Å²) in [6, 6.07) is -8.18. The van der Waals surface area contributed by atoms with Crippen molar-refractivity contribution in [3.05, 3.63) is 0 Å². The Hall–Kier alpha value is -5.35. The van der Waals surface area contributed by atoms with E-state index in [1.807, 2.05) is 96.9 Å². The summed E-state index contributed by atoms with van der Waals surface area (Å²) < 4.78 is 70.7. The molecule has 10 fully saturated rings. The quantitative estimate of drug-likeness (QED) is 0.0489. The minimum atomic E-state index is -3.82. The van der Waals surface area contributed by atoms with Crippen molar-refractivity contribution in [3.63, 3.8) is 0 Å². The smallest absolute Gasteiger partial charge is 0.315 e. The highest BCUT2D eigenvalue weighted by Gasteiger charge is 2.86. The summed E-state index contributed by atoms with van der Waals surface area (Å²) in [4.78, 5) is 128. The van der Waals surface area contributed by atoms with Crippen LogP contribution in [-0.2, 0) is 63.5 Å². The third-order valence-electron chi connectivity index (χ3n) is 26.7. The van der Waals surface area contributed by atoms with Crippen LogP contribution in [0.15, 0.2) is 0 Å². The number of rotatable bonds is 28. The Balaban J connectivity index is 0.000000249. The molecule has 4 saturated heterocycles. The Morgan fingerprint density at radius 1 is 0.491 bits per heavy atom. The summed E-state index contributed by atoms with van der Waals surface area (Å²) in [5.41, 5.74) is -3.44. The molecule has 4 aliphatic heterocycles. The van der Waals surface area contributed by atoms with Gasteiger partial charge in [-0.2, -0.15) is 25.4 Å². The van der Waals surface area contributed by atoms with Crippen LogP contribution < -0.4 is 52.0 Å². The lowest BCUT2D eigenvalue weighted by Gasteiger charge is -2.37. The average Bonchev–Trinajstić information content (AvgIpc) is 1.46. The second-order valence-electron chi connectivity index (χ2n) is 38.2.